The topological polar surface area (TPSA) is 61.8 Å². The minimum atomic E-state index is -0.171. The molecule has 5 nitrogen and oxygen atoms in total. The van der Waals surface area contributed by atoms with Crippen molar-refractivity contribution in [1.29, 1.82) is 0 Å². The maximum absolute atomic E-state index is 12.1. The Morgan fingerprint density at radius 3 is 2.71 bits per heavy atom. The number of nitrogens with one attached hydrogen (secondary N) is 1. The van der Waals surface area contributed by atoms with E-state index < -0.39 is 0 Å². The van der Waals surface area contributed by atoms with Crippen LogP contribution < -0.4 is 5.32 Å². The van der Waals surface area contributed by atoms with Crippen molar-refractivity contribution >= 4 is 17.5 Å². The highest BCUT2D eigenvalue weighted by molar-refractivity contribution is 6.39. The molecular weight excluding hydrogens is 266 g/mol. The van der Waals surface area contributed by atoms with E-state index in [0.29, 0.717) is 18.6 Å². The van der Waals surface area contributed by atoms with Crippen LogP contribution in [0, 0.1) is 0 Å². The summed E-state index contributed by atoms with van der Waals surface area (Å²) in [7, 11) is 1.58. The zero-order valence-corrected chi connectivity index (χ0v) is 12.5. The molecule has 1 aliphatic rings. The predicted molar refractivity (Wildman–Crippen MR) is 81.8 cm³/mol. The van der Waals surface area contributed by atoms with E-state index in [1.54, 1.807) is 7.05 Å². The van der Waals surface area contributed by atoms with Gasteiger partial charge in [0.2, 0.25) is 5.91 Å². The summed E-state index contributed by atoms with van der Waals surface area (Å²) in [5, 5.41) is 8.21. The van der Waals surface area contributed by atoms with E-state index in [-0.39, 0.29) is 17.9 Å². The second-order valence-corrected chi connectivity index (χ2v) is 5.36. The first-order valence-electron chi connectivity index (χ1n) is 7.25. The molecular formula is C16H21N3O2. The third-order valence-electron chi connectivity index (χ3n) is 3.56. The Morgan fingerprint density at radius 2 is 2.05 bits per heavy atom. The second kappa shape index (κ2) is 7.02. The van der Waals surface area contributed by atoms with Crippen LogP contribution in [-0.2, 0) is 16.0 Å². The van der Waals surface area contributed by atoms with Gasteiger partial charge in [-0.25, -0.2) is 5.01 Å². The summed E-state index contributed by atoms with van der Waals surface area (Å²) in [4.78, 5) is 23.4. The molecule has 2 amide bonds. The van der Waals surface area contributed by atoms with Gasteiger partial charge in [0.25, 0.3) is 5.91 Å². The Kier molecular flexibility index (Phi) is 5.09. The largest absolute Gasteiger partial charge is 0.348 e. The van der Waals surface area contributed by atoms with Crippen molar-refractivity contribution in [2.75, 3.05) is 7.05 Å². The van der Waals surface area contributed by atoms with E-state index in [4.69, 9.17) is 0 Å². The Balaban J connectivity index is 1.82. The fourth-order valence-corrected chi connectivity index (χ4v) is 2.24. The Bertz CT molecular complexity index is 540. The summed E-state index contributed by atoms with van der Waals surface area (Å²) in [6.07, 6.45) is 2.56. The third-order valence-corrected chi connectivity index (χ3v) is 3.56. The van der Waals surface area contributed by atoms with Gasteiger partial charge in [-0.05, 0) is 25.3 Å². The molecule has 112 valence electrons. The number of aryl methyl sites for hydroxylation is 1. The third kappa shape index (κ3) is 4.41. The fraction of sp³-hybridized carbons (Fsp3) is 0.438. The molecule has 0 aromatic heterocycles. The van der Waals surface area contributed by atoms with Gasteiger partial charge >= 0.3 is 0 Å². The quantitative estimate of drug-likeness (QED) is 0.896. The molecule has 1 aromatic rings. The zero-order chi connectivity index (χ0) is 15.2. The van der Waals surface area contributed by atoms with Crippen molar-refractivity contribution in [3.63, 3.8) is 0 Å². The summed E-state index contributed by atoms with van der Waals surface area (Å²) in [5.41, 5.74) is 1.70. The molecule has 0 spiro atoms. The first-order chi connectivity index (χ1) is 10.1. The molecule has 0 saturated carbocycles. The number of carbonyl (C=O) groups is 2. The average Bonchev–Trinajstić information content (AvgIpc) is 2.49. The van der Waals surface area contributed by atoms with Crippen LogP contribution in [0.25, 0.3) is 0 Å². The predicted octanol–water partition coefficient (Wildman–Crippen LogP) is 1.73. The number of hydrogen-bond acceptors (Lipinski definition) is 3. The highest BCUT2D eigenvalue weighted by Gasteiger charge is 2.22. The fourth-order valence-electron chi connectivity index (χ4n) is 2.24. The van der Waals surface area contributed by atoms with E-state index in [2.05, 4.69) is 22.6 Å². The van der Waals surface area contributed by atoms with E-state index in [1.165, 1.54) is 10.6 Å². The summed E-state index contributed by atoms with van der Waals surface area (Å²) in [6.45, 7) is 1.99. The number of benzene rings is 1. The molecule has 21 heavy (non-hydrogen) atoms. The number of nitrogens with zero attached hydrogens (tertiary/aromatic N) is 2. The minimum Gasteiger partial charge on any atom is -0.348 e. The molecule has 0 aliphatic carbocycles. The smallest absolute Gasteiger partial charge is 0.267 e. The van der Waals surface area contributed by atoms with Crippen molar-refractivity contribution in [2.24, 2.45) is 5.10 Å². The van der Waals surface area contributed by atoms with Gasteiger partial charge in [-0.3, -0.25) is 9.59 Å². The maximum Gasteiger partial charge on any atom is 0.267 e. The SMILES string of the molecule is CC(CCc1ccccc1)NC(=O)C1=NN(C)C(=O)CC1. The number of hydrogen-bond donors (Lipinski definition) is 1. The van der Waals surface area contributed by atoms with E-state index in [1.807, 2.05) is 25.1 Å². The van der Waals surface area contributed by atoms with Crippen molar-refractivity contribution in [3.8, 4) is 0 Å². The standard InChI is InChI=1S/C16H21N3O2/c1-12(8-9-13-6-4-3-5-7-13)17-16(21)14-10-11-15(20)19(2)18-14/h3-7,12H,8-11H2,1-2H3,(H,17,21). The molecule has 1 N–H and O–H groups in total. The summed E-state index contributed by atoms with van der Waals surface area (Å²) in [5.74, 6) is -0.224. The first-order valence-corrected chi connectivity index (χ1v) is 7.25. The molecule has 1 heterocycles. The van der Waals surface area contributed by atoms with Crippen LogP contribution in [0.5, 0.6) is 0 Å². The lowest BCUT2D eigenvalue weighted by molar-refractivity contribution is -0.130. The molecule has 5 heteroatoms. The number of rotatable bonds is 5. The molecule has 1 aliphatic heterocycles. The number of hydrazone groups is 1. The molecule has 0 saturated heterocycles. The van der Waals surface area contributed by atoms with Crippen LogP contribution in [-0.4, -0.2) is 35.6 Å². The van der Waals surface area contributed by atoms with Crippen LogP contribution >= 0.6 is 0 Å². The normalized spacial score (nSPS) is 16.4. The summed E-state index contributed by atoms with van der Waals surface area (Å²) in [6, 6.07) is 10.3. The minimum absolute atomic E-state index is 0.0522. The Hall–Kier alpha value is -2.17. The van der Waals surface area contributed by atoms with Crippen LogP contribution in [0.15, 0.2) is 35.4 Å². The van der Waals surface area contributed by atoms with E-state index in [0.717, 1.165) is 12.8 Å². The first kappa shape index (κ1) is 15.2. The van der Waals surface area contributed by atoms with Crippen LogP contribution in [0.2, 0.25) is 0 Å². The van der Waals surface area contributed by atoms with Gasteiger partial charge in [0, 0.05) is 25.9 Å². The Labute approximate surface area is 125 Å². The number of amides is 2. The number of carbonyl (C=O) groups excluding carboxylic acids is 2. The lowest BCUT2D eigenvalue weighted by atomic mass is 10.1. The van der Waals surface area contributed by atoms with Crippen molar-refractivity contribution in [3.05, 3.63) is 35.9 Å². The van der Waals surface area contributed by atoms with Gasteiger partial charge in [-0.15, -0.1) is 0 Å². The van der Waals surface area contributed by atoms with Gasteiger partial charge in [0.1, 0.15) is 5.71 Å². The van der Waals surface area contributed by atoms with Crippen LogP contribution in [0.1, 0.15) is 31.7 Å². The molecule has 1 aromatic carbocycles. The highest BCUT2D eigenvalue weighted by Crippen LogP contribution is 2.08. The maximum atomic E-state index is 12.1. The molecule has 1 atom stereocenters. The molecule has 1 unspecified atom stereocenters. The van der Waals surface area contributed by atoms with Crippen LogP contribution in [0.3, 0.4) is 0 Å². The van der Waals surface area contributed by atoms with Crippen molar-refractivity contribution in [2.45, 2.75) is 38.6 Å². The molecule has 0 radical (unpaired) electrons. The monoisotopic (exact) mass is 287 g/mol. The van der Waals surface area contributed by atoms with Crippen molar-refractivity contribution in [1.82, 2.24) is 10.3 Å². The van der Waals surface area contributed by atoms with E-state index in [9.17, 15) is 9.59 Å². The lowest BCUT2D eigenvalue weighted by Gasteiger charge is -2.20. The highest BCUT2D eigenvalue weighted by atomic mass is 16.2. The Morgan fingerprint density at radius 1 is 1.33 bits per heavy atom. The average molecular weight is 287 g/mol. The summed E-state index contributed by atoms with van der Waals surface area (Å²) < 4.78 is 0. The van der Waals surface area contributed by atoms with Crippen LogP contribution in [0.4, 0.5) is 0 Å². The van der Waals surface area contributed by atoms with E-state index >= 15 is 0 Å². The van der Waals surface area contributed by atoms with Crippen molar-refractivity contribution < 1.29 is 9.59 Å². The van der Waals surface area contributed by atoms with Gasteiger partial charge < -0.3 is 5.32 Å². The molecule has 2 rings (SSSR count). The van der Waals surface area contributed by atoms with Gasteiger partial charge in [0.05, 0.1) is 0 Å². The van der Waals surface area contributed by atoms with Gasteiger partial charge in [-0.2, -0.15) is 5.10 Å². The zero-order valence-electron chi connectivity index (χ0n) is 12.5. The van der Waals surface area contributed by atoms with Gasteiger partial charge in [0.15, 0.2) is 0 Å². The van der Waals surface area contributed by atoms with Gasteiger partial charge in [-0.1, -0.05) is 30.3 Å². The molecule has 0 bridgehead atoms. The lowest BCUT2D eigenvalue weighted by Crippen LogP contribution is -2.41. The summed E-state index contributed by atoms with van der Waals surface area (Å²) >= 11 is 0. The second-order valence-electron chi connectivity index (χ2n) is 5.36. The molecule has 0 fully saturated rings.